The molecule has 0 amide bonds. The first-order chi connectivity index (χ1) is 7.11. The van der Waals surface area contributed by atoms with Gasteiger partial charge in [-0.2, -0.15) is 0 Å². The molecular formula is C11H16N2O2. The number of nitrogens with zero attached hydrogens (tertiary/aromatic N) is 2. The average molecular weight is 208 g/mol. The van der Waals surface area contributed by atoms with Gasteiger partial charge in [0.15, 0.2) is 5.69 Å². The van der Waals surface area contributed by atoms with Crippen molar-refractivity contribution >= 4 is 5.97 Å². The molecule has 1 aliphatic rings. The van der Waals surface area contributed by atoms with Gasteiger partial charge in [-0.25, -0.2) is 9.78 Å². The van der Waals surface area contributed by atoms with Crippen LogP contribution in [0.1, 0.15) is 54.6 Å². The Labute approximate surface area is 88.9 Å². The Morgan fingerprint density at radius 3 is 2.80 bits per heavy atom. The predicted octanol–water partition coefficient (Wildman–Crippen LogP) is 2.04. The molecule has 0 saturated carbocycles. The van der Waals surface area contributed by atoms with Crippen molar-refractivity contribution in [1.82, 2.24) is 9.55 Å². The predicted molar refractivity (Wildman–Crippen MR) is 56.2 cm³/mol. The molecule has 4 nitrogen and oxygen atoms in total. The molecule has 0 atom stereocenters. The molecule has 0 bridgehead atoms. The molecule has 0 aromatic carbocycles. The van der Waals surface area contributed by atoms with Crippen LogP contribution in [0.2, 0.25) is 0 Å². The zero-order chi connectivity index (χ0) is 11.0. The number of aromatic carboxylic acids is 1. The van der Waals surface area contributed by atoms with Gasteiger partial charge in [0.1, 0.15) is 5.82 Å². The summed E-state index contributed by atoms with van der Waals surface area (Å²) in [6.07, 6.45) is 3.05. The van der Waals surface area contributed by atoms with Crippen LogP contribution in [0, 0.1) is 0 Å². The molecule has 0 radical (unpaired) electrons. The second kappa shape index (κ2) is 3.68. The minimum atomic E-state index is -0.896. The van der Waals surface area contributed by atoms with E-state index in [1.54, 1.807) is 0 Å². The number of carboxylic acids is 1. The number of carbonyl (C=O) groups is 1. The van der Waals surface area contributed by atoms with Gasteiger partial charge in [-0.15, -0.1) is 0 Å². The van der Waals surface area contributed by atoms with Crippen molar-refractivity contribution in [3.05, 3.63) is 17.2 Å². The van der Waals surface area contributed by atoms with E-state index in [0.29, 0.717) is 0 Å². The number of aromatic nitrogens is 2. The van der Waals surface area contributed by atoms with Gasteiger partial charge in [-0.1, -0.05) is 13.8 Å². The molecule has 1 N–H and O–H groups in total. The van der Waals surface area contributed by atoms with Crippen molar-refractivity contribution in [3.63, 3.8) is 0 Å². The normalized spacial score (nSPS) is 15.4. The zero-order valence-electron chi connectivity index (χ0n) is 9.16. The molecule has 0 fully saturated rings. The molecule has 1 aromatic rings. The van der Waals surface area contributed by atoms with Gasteiger partial charge < -0.3 is 9.67 Å². The Morgan fingerprint density at radius 1 is 1.47 bits per heavy atom. The number of rotatable bonds is 2. The first-order valence-electron chi connectivity index (χ1n) is 5.44. The lowest BCUT2D eigenvalue weighted by Gasteiger charge is -2.18. The van der Waals surface area contributed by atoms with E-state index in [2.05, 4.69) is 23.4 Å². The number of hydrogen-bond acceptors (Lipinski definition) is 2. The van der Waals surface area contributed by atoms with Crippen molar-refractivity contribution in [3.8, 4) is 0 Å². The number of carboxylic acid groups (broad SMARTS) is 1. The number of imidazole rings is 1. The third kappa shape index (κ3) is 1.64. The van der Waals surface area contributed by atoms with Crippen LogP contribution >= 0.6 is 0 Å². The second-order valence-electron chi connectivity index (χ2n) is 4.33. The summed E-state index contributed by atoms with van der Waals surface area (Å²) in [7, 11) is 0. The summed E-state index contributed by atoms with van der Waals surface area (Å²) in [5.74, 6) is 0.310. The first-order valence-corrected chi connectivity index (χ1v) is 5.44. The van der Waals surface area contributed by atoms with E-state index in [1.807, 2.05) is 0 Å². The monoisotopic (exact) mass is 208 g/mol. The summed E-state index contributed by atoms with van der Waals surface area (Å²) in [5, 5.41) is 9.06. The summed E-state index contributed by atoms with van der Waals surface area (Å²) in [6, 6.07) is 0. The third-order valence-corrected chi connectivity index (χ3v) is 2.87. The second-order valence-corrected chi connectivity index (χ2v) is 4.33. The molecule has 82 valence electrons. The van der Waals surface area contributed by atoms with Crippen LogP contribution in [0.25, 0.3) is 0 Å². The van der Waals surface area contributed by atoms with E-state index in [1.165, 1.54) is 0 Å². The Hall–Kier alpha value is -1.32. The first kappa shape index (κ1) is 10.2. The Kier molecular flexibility index (Phi) is 2.50. The zero-order valence-corrected chi connectivity index (χ0v) is 9.16. The van der Waals surface area contributed by atoms with Crippen LogP contribution in [0.3, 0.4) is 0 Å². The molecule has 0 spiro atoms. The molecule has 4 heteroatoms. The highest BCUT2D eigenvalue weighted by Gasteiger charge is 2.24. The fourth-order valence-corrected chi connectivity index (χ4v) is 2.18. The van der Waals surface area contributed by atoms with E-state index in [0.717, 1.165) is 37.3 Å². The highest BCUT2D eigenvalue weighted by molar-refractivity contribution is 5.87. The summed E-state index contributed by atoms with van der Waals surface area (Å²) in [4.78, 5) is 15.3. The summed E-state index contributed by atoms with van der Waals surface area (Å²) >= 11 is 0. The van der Waals surface area contributed by atoms with E-state index in [4.69, 9.17) is 5.11 Å². The molecule has 2 heterocycles. The number of fused-ring (bicyclic) bond motifs is 1. The van der Waals surface area contributed by atoms with E-state index in [-0.39, 0.29) is 11.6 Å². The summed E-state index contributed by atoms with van der Waals surface area (Å²) in [5.41, 5.74) is 1.18. The standard InChI is InChI=1S/C11H16N2O2/c1-7(2)10-12-9(11(14)15)8-5-3-4-6-13(8)10/h7H,3-6H2,1-2H3,(H,14,15). The van der Waals surface area contributed by atoms with Crippen molar-refractivity contribution < 1.29 is 9.90 Å². The molecular weight excluding hydrogens is 192 g/mol. The Balaban J connectivity index is 2.54. The van der Waals surface area contributed by atoms with Gasteiger partial charge in [-0.05, 0) is 19.3 Å². The minimum absolute atomic E-state index is 0.262. The summed E-state index contributed by atoms with van der Waals surface area (Å²) in [6.45, 7) is 5.02. The summed E-state index contributed by atoms with van der Waals surface area (Å²) < 4.78 is 2.09. The molecule has 1 aliphatic heterocycles. The van der Waals surface area contributed by atoms with Crippen LogP contribution < -0.4 is 0 Å². The van der Waals surface area contributed by atoms with E-state index >= 15 is 0 Å². The third-order valence-electron chi connectivity index (χ3n) is 2.87. The maximum absolute atomic E-state index is 11.0. The topological polar surface area (TPSA) is 55.1 Å². The lowest BCUT2D eigenvalue weighted by atomic mass is 10.1. The van der Waals surface area contributed by atoms with Gasteiger partial charge in [0.2, 0.25) is 0 Å². The Morgan fingerprint density at radius 2 is 2.20 bits per heavy atom. The van der Waals surface area contributed by atoms with Gasteiger partial charge in [-0.3, -0.25) is 0 Å². The SMILES string of the molecule is CC(C)c1nc(C(=O)O)c2n1CCCC2. The van der Waals surface area contributed by atoms with E-state index in [9.17, 15) is 4.79 Å². The van der Waals surface area contributed by atoms with Crippen LogP contribution in [0.5, 0.6) is 0 Å². The lowest BCUT2D eigenvalue weighted by molar-refractivity contribution is 0.0689. The number of hydrogen-bond donors (Lipinski definition) is 1. The van der Waals surface area contributed by atoms with Crippen molar-refractivity contribution in [1.29, 1.82) is 0 Å². The van der Waals surface area contributed by atoms with Crippen molar-refractivity contribution in [2.45, 2.75) is 45.6 Å². The van der Waals surface area contributed by atoms with Gasteiger partial charge >= 0.3 is 5.97 Å². The van der Waals surface area contributed by atoms with Crippen LogP contribution in [0.15, 0.2) is 0 Å². The van der Waals surface area contributed by atoms with Gasteiger partial charge in [0.25, 0.3) is 0 Å². The molecule has 0 aliphatic carbocycles. The van der Waals surface area contributed by atoms with Crippen molar-refractivity contribution in [2.24, 2.45) is 0 Å². The largest absolute Gasteiger partial charge is 0.476 e. The van der Waals surface area contributed by atoms with Crippen LogP contribution in [0.4, 0.5) is 0 Å². The highest BCUT2D eigenvalue weighted by atomic mass is 16.4. The average Bonchev–Trinajstić information content (AvgIpc) is 2.56. The fraction of sp³-hybridized carbons (Fsp3) is 0.636. The lowest BCUT2D eigenvalue weighted by Crippen LogP contribution is -2.14. The highest BCUT2D eigenvalue weighted by Crippen LogP contribution is 2.24. The van der Waals surface area contributed by atoms with Crippen LogP contribution in [-0.2, 0) is 13.0 Å². The smallest absolute Gasteiger partial charge is 0.356 e. The van der Waals surface area contributed by atoms with Gasteiger partial charge in [0.05, 0.1) is 5.69 Å². The molecule has 15 heavy (non-hydrogen) atoms. The minimum Gasteiger partial charge on any atom is -0.476 e. The molecule has 1 aromatic heterocycles. The Bertz CT molecular complexity index is 394. The van der Waals surface area contributed by atoms with Gasteiger partial charge in [0, 0.05) is 12.5 Å². The van der Waals surface area contributed by atoms with Crippen molar-refractivity contribution in [2.75, 3.05) is 0 Å². The molecule has 0 saturated heterocycles. The maximum atomic E-state index is 11.0. The maximum Gasteiger partial charge on any atom is 0.356 e. The molecule has 2 rings (SSSR count). The van der Waals surface area contributed by atoms with E-state index < -0.39 is 5.97 Å². The molecule has 0 unspecified atom stereocenters. The fourth-order valence-electron chi connectivity index (χ4n) is 2.18. The quantitative estimate of drug-likeness (QED) is 0.809. The van der Waals surface area contributed by atoms with Crippen LogP contribution in [-0.4, -0.2) is 20.6 Å².